The molecule has 1 aliphatic rings. The number of hydrogen-bond donors (Lipinski definition) is 1. The minimum Gasteiger partial charge on any atom is -0.493 e. The number of nitrogens with zero attached hydrogens (tertiary/aromatic N) is 5. The van der Waals surface area contributed by atoms with Crippen LogP contribution in [-0.4, -0.2) is 84.5 Å². The lowest BCUT2D eigenvalue weighted by molar-refractivity contribution is -0.131. The third-order valence-electron chi connectivity index (χ3n) is 10.6. The van der Waals surface area contributed by atoms with Gasteiger partial charge >= 0.3 is 0 Å². The van der Waals surface area contributed by atoms with E-state index in [9.17, 15) is 9.59 Å². The van der Waals surface area contributed by atoms with Gasteiger partial charge in [0, 0.05) is 51.3 Å². The predicted molar refractivity (Wildman–Crippen MR) is 203 cm³/mol. The number of amides is 1. The van der Waals surface area contributed by atoms with Gasteiger partial charge in [0.1, 0.15) is 11.4 Å². The molecule has 1 aliphatic heterocycles. The van der Waals surface area contributed by atoms with E-state index in [0.29, 0.717) is 57.9 Å². The van der Waals surface area contributed by atoms with E-state index in [4.69, 9.17) is 4.74 Å². The highest BCUT2D eigenvalue weighted by molar-refractivity contribution is 5.77. The summed E-state index contributed by atoms with van der Waals surface area (Å²) in [5.74, 6) is 1.07. The highest BCUT2D eigenvalue weighted by atomic mass is 16.5. The maximum Gasteiger partial charge on any atom is 0.296 e. The first-order chi connectivity index (χ1) is 23.4. The quantitative estimate of drug-likeness (QED) is 0.157. The Labute approximate surface area is 294 Å². The fourth-order valence-corrected chi connectivity index (χ4v) is 6.24. The molecule has 49 heavy (non-hydrogen) atoms. The number of piperazine rings is 1. The number of aromatic nitrogens is 2. The Morgan fingerprint density at radius 1 is 0.918 bits per heavy atom. The van der Waals surface area contributed by atoms with Crippen LogP contribution in [0.25, 0.3) is 5.69 Å². The molecular formula is C40H60N6O3. The largest absolute Gasteiger partial charge is 0.493 e. The summed E-state index contributed by atoms with van der Waals surface area (Å²) in [6.07, 6.45) is 4.98. The van der Waals surface area contributed by atoms with Crippen molar-refractivity contribution in [3.8, 4) is 11.4 Å². The van der Waals surface area contributed by atoms with Crippen LogP contribution in [0.1, 0.15) is 92.2 Å². The lowest BCUT2D eigenvalue weighted by Gasteiger charge is -2.36. The molecule has 4 rings (SSSR count). The second-order valence-electron chi connectivity index (χ2n) is 14.4. The average Bonchev–Trinajstić information content (AvgIpc) is 3.12. The number of rotatable bonds is 17. The monoisotopic (exact) mass is 672 g/mol. The molecule has 0 saturated carbocycles. The van der Waals surface area contributed by atoms with Crippen LogP contribution in [-0.2, 0) is 15.6 Å². The van der Waals surface area contributed by atoms with Gasteiger partial charge in [0.05, 0.1) is 24.2 Å². The number of benzene rings is 2. The number of anilines is 2. The molecule has 9 heteroatoms. The van der Waals surface area contributed by atoms with E-state index in [-0.39, 0.29) is 22.3 Å². The summed E-state index contributed by atoms with van der Waals surface area (Å²) in [4.78, 5) is 33.5. The number of hydrogen-bond acceptors (Lipinski definition) is 7. The van der Waals surface area contributed by atoms with Crippen LogP contribution in [0.5, 0.6) is 5.75 Å². The first-order valence-corrected chi connectivity index (χ1v) is 18.4. The van der Waals surface area contributed by atoms with Gasteiger partial charge in [-0.05, 0) is 66.9 Å². The Morgan fingerprint density at radius 2 is 1.59 bits per heavy atom. The number of carbonyl (C=O) groups is 1. The Hall–Kier alpha value is -3.85. The molecule has 0 atom stereocenters. The van der Waals surface area contributed by atoms with E-state index in [0.717, 1.165) is 49.6 Å². The third-order valence-corrected chi connectivity index (χ3v) is 10.6. The van der Waals surface area contributed by atoms with Gasteiger partial charge in [0.15, 0.2) is 0 Å². The van der Waals surface area contributed by atoms with Crippen molar-refractivity contribution >= 4 is 17.3 Å². The van der Waals surface area contributed by atoms with E-state index < -0.39 is 0 Å². The van der Waals surface area contributed by atoms with Gasteiger partial charge in [-0.1, -0.05) is 85.7 Å². The van der Waals surface area contributed by atoms with Gasteiger partial charge in [-0.25, -0.2) is 0 Å². The van der Waals surface area contributed by atoms with Gasteiger partial charge in [0.2, 0.25) is 5.91 Å². The standard InChI is InChI=1S/C40H60N6O3/c1-9-39(5,6)31-20-21-35(33(29-31)40(7,8)10-2)49-28-16-19-36(47)45-26-24-44(25-27-45)34-30-42-46(32-17-14-13-15-18-32)38(48)37(34)41-22-23-43(11-3)12-4/h13-15,17-18,20-21,29-30,41H,9-12,16,19,22-28H2,1-8H3. The maximum absolute atomic E-state index is 13.8. The van der Waals surface area contributed by atoms with Gasteiger partial charge in [-0.3, -0.25) is 9.59 Å². The summed E-state index contributed by atoms with van der Waals surface area (Å²) < 4.78 is 7.79. The molecule has 1 N–H and O–H groups in total. The molecule has 3 aromatic rings. The molecular weight excluding hydrogens is 612 g/mol. The number of nitrogens with one attached hydrogen (secondary N) is 1. The van der Waals surface area contributed by atoms with Crippen LogP contribution < -0.4 is 20.5 Å². The first-order valence-electron chi connectivity index (χ1n) is 18.4. The molecule has 0 radical (unpaired) electrons. The molecule has 9 nitrogen and oxygen atoms in total. The first kappa shape index (κ1) is 38.0. The van der Waals surface area contributed by atoms with E-state index in [2.05, 4.69) is 93.8 Å². The van der Waals surface area contributed by atoms with Crippen molar-refractivity contribution in [3.63, 3.8) is 0 Å². The highest BCUT2D eigenvalue weighted by Gasteiger charge is 2.28. The SMILES string of the molecule is CCN(CC)CCNc1c(N2CCN(C(=O)CCCOc3ccc(C(C)(C)CC)cc3C(C)(C)CC)CC2)cnn(-c2ccccc2)c1=O. The molecule has 1 fully saturated rings. The van der Waals surface area contributed by atoms with Gasteiger partial charge in [-0.15, -0.1) is 0 Å². The lowest BCUT2D eigenvalue weighted by atomic mass is 9.76. The van der Waals surface area contributed by atoms with E-state index in [1.54, 1.807) is 6.20 Å². The van der Waals surface area contributed by atoms with Crippen LogP contribution in [0.4, 0.5) is 11.4 Å². The summed E-state index contributed by atoms with van der Waals surface area (Å²) >= 11 is 0. The molecule has 1 saturated heterocycles. The Balaban J connectivity index is 1.37. The van der Waals surface area contributed by atoms with Crippen molar-refractivity contribution in [2.24, 2.45) is 0 Å². The van der Waals surface area contributed by atoms with Crippen molar-refractivity contribution in [2.45, 2.75) is 91.9 Å². The Morgan fingerprint density at radius 3 is 2.22 bits per heavy atom. The summed E-state index contributed by atoms with van der Waals surface area (Å²) in [5.41, 5.74) is 4.58. The molecule has 1 amide bonds. The van der Waals surface area contributed by atoms with Crippen molar-refractivity contribution in [3.05, 3.63) is 76.2 Å². The molecule has 268 valence electrons. The third kappa shape index (κ3) is 9.44. The fraction of sp³-hybridized carbons (Fsp3) is 0.575. The number of para-hydroxylation sites is 1. The number of ether oxygens (including phenoxy) is 1. The predicted octanol–water partition coefficient (Wildman–Crippen LogP) is 6.87. The second kappa shape index (κ2) is 17.2. The van der Waals surface area contributed by atoms with Crippen molar-refractivity contribution in [1.82, 2.24) is 19.6 Å². The smallest absolute Gasteiger partial charge is 0.296 e. The van der Waals surface area contributed by atoms with Crippen LogP contribution in [0.2, 0.25) is 0 Å². The topological polar surface area (TPSA) is 82.9 Å². The lowest BCUT2D eigenvalue weighted by Crippen LogP contribution is -2.49. The van der Waals surface area contributed by atoms with Crippen LogP contribution in [0.15, 0.2) is 59.5 Å². The Kier molecular flexibility index (Phi) is 13.3. The molecule has 0 aliphatic carbocycles. The zero-order valence-electron chi connectivity index (χ0n) is 31.3. The minimum atomic E-state index is -0.170. The van der Waals surface area contributed by atoms with Gasteiger partial charge < -0.3 is 24.8 Å². The van der Waals surface area contributed by atoms with Gasteiger partial charge in [0.25, 0.3) is 5.56 Å². The van der Waals surface area contributed by atoms with Crippen molar-refractivity contribution < 1.29 is 9.53 Å². The molecule has 2 aromatic carbocycles. The van der Waals surface area contributed by atoms with Crippen molar-refractivity contribution in [1.29, 1.82) is 0 Å². The van der Waals surface area contributed by atoms with Crippen LogP contribution in [0.3, 0.4) is 0 Å². The van der Waals surface area contributed by atoms with E-state index in [1.807, 2.05) is 35.2 Å². The maximum atomic E-state index is 13.8. The van der Waals surface area contributed by atoms with Gasteiger partial charge in [-0.2, -0.15) is 9.78 Å². The second-order valence-corrected chi connectivity index (χ2v) is 14.4. The minimum absolute atomic E-state index is 0.00562. The van der Waals surface area contributed by atoms with Crippen LogP contribution >= 0.6 is 0 Å². The average molecular weight is 673 g/mol. The zero-order chi connectivity index (χ0) is 35.6. The molecule has 1 aromatic heterocycles. The Bertz CT molecular complexity index is 1560. The zero-order valence-corrected chi connectivity index (χ0v) is 31.3. The summed E-state index contributed by atoms with van der Waals surface area (Å²) in [5, 5.41) is 8.00. The summed E-state index contributed by atoms with van der Waals surface area (Å²) in [6, 6.07) is 16.2. The molecule has 0 spiro atoms. The fourth-order valence-electron chi connectivity index (χ4n) is 6.24. The highest BCUT2D eigenvalue weighted by Crippen LogP contribution is 2.38. The van der Waals surface area contributed by atoms with E-state index in [1.165, 1.54) is 15.8 Å². The molecule has 2 heterocycles. The van der Waals surface area contributed by atoms with E-state index >= 15 is 0 Å². The number of carbonyl (C=O) groups excluding carboxylic acids is 1. The van der Waals surface area contributed by atoms with Crippen LogP contribution in [0, 0.1) is 0 Å². The summed E-state index contributed by atoms with van der Waals surface area (Å²) in [7, 11) is 0. The molecule has 0 unspecified atom stereocenters. The normalized spacial score (nSPS) is 14.0. The molecule has 0 bridgehead atoms. The van der Waals surface area contributed by atoms with Crippen molar-refractivity contribution in [2.75, 3.05) is 69.2 Å². The summed E-state index contributed by atoms with van der Waals surface area (Å²) in [6.45, 7) is 24.3. The number of likely N-dealkylation sites (N-methyl/N-ethyl adjacent to an activating group) is 1.